The Morgan fingerprint density at radius 3 is 2.39 bits per heavy atom. The standard InChI is InChI=1S/C24H28N4O2S/c1-3-18-8-10-19(11-9-18)24(30)28-14-12-27(13-15-28)22(29)16-31-17(2)23-25-20-6-4-5-7-21(20)26-23/h4-11,17H,3,12-16H2,1-2H3,(H,25,26). The molecule has 0 radical (unpaired) electrons. The normalized spacial score (nSPS) is 15.3. The molecule has 4 rings (SSSR count). The van der Waals surface area contributed by atoms with Crippen molar-refractivity contribution < 1.29 is 9.59 Å². The van der Waals surface area contributed by atoms with Gasteiger partial charge in [0.2, 0.25) is 5.91 Å². The van der Waals surface area contributed by atoms with Gasteiger partial charge in [-0.3, -0.25) is 9.59 Å². The van der Waals surface area contributed by atoms with Gasteiger partial charge in [0, 0.05) is 31.7 Å². The Labute approximate surface area is 187 Å². The molecule has 0 saturated carbocycles. The Kier molecular flexibility index (Phi) is 6.61. The fraction of sp³-hybridized carbons (Fsp3) is 0.375. The quantitative estimate of drug-likeness (QED) is 0.636. The number of rotatable bonds is 6. The lowest BCUT2D eigenvalue weighted by molar-refractivity contribution is -0.129. The van der Waals surface area contributed by atoms with Crippen LogP contribution in [-0.4, -0.2) is 63.5 Å². The lowest BCUT2D eigenvalue weighted by Crippen LogP contribution is -2.51. The van der Waals surface area contributed by atoms with Crippen LogP contribution in [0.25, 0.3) is 11.0 Å². The number of nitrogens with one attached hydrogen (secondary N) is 1. The number of hydrogen-bond acceptors (Lipinski definition) is 4. The summed E-state index contributed by atoms with van der Waals surface area (Å²) >= 11 is 1.59. The number of fused-ring (bicyclic) bond motifs is 1. The van der Waals surface area contributed by atoms with Crippen molar-refractivity contribution in [3.63, 3.8) is 0 Å². The van der Waals surface area contributed by atoms with E-state index in [9.17, 15) is 9.59 Å². The van der Waals surface area contributed by atoms with Gasteiger partial charge in [-0.15, -0.1) is 11.8 Å². The lowest BCUT2D eigenvalue weighted by Gasteiger charge is -2.35. The van der Waals surface area contributed by atoms with E-state index in [1.807, 2.05) is 58.3 Å². The molecule has 1 aromatic heterocycles. The Morgan fingerprint density at radius 2 is 1.71 bits per heavy atom. The molecule has 2 heterocycles. The second-order valence-corrected chi connectivity index (χ2v) is 9.15. The van der Waals surface area contributed by atoms with E-state index in [1.165, 1.54) is 5.56 Å². The highest BCUT2D eigenvalue weighted by atomic mass is 32.2. The Bertz CT molecular complexity index is 1020. The summed E-state index contributed by atoms with van der Waals surface area (Å²) in [4.78, 5) is 37.1. The molecular formula is C24H28N4O2S. The number of carbonyl (C=O) groups excluding carboxylic acids is 2. The number of imidazole rings is 1. The van der Waals surface area contributed by atoms with Crippen LogP contribution in [0.1, 0.15) is 40.8 Å². The van der Waals surface area contributed by atoms with Crippen LogP contribution in [0.15, 0.2) is 48.5 Å². The van der Waals surface area contributed by atoms with Crippen molar-refractivity contribution in [2.24, 2.45) is 0 Å². The van der Waals surface area contributed by atoms with E-state index >= 15 is 0 Å². The van der Waals surface area contributed by atoms with Crippen LogP contribution in [-0.2, 0) is 11.2 Å². The SMILES string of the molecule is CCc1ccc(C(=O)N2CCN(C(=O)CSC(C)c3nc4ccccc4[nH]3)CC2)cc1. The summed E-state index contributed by atoms with van der Waals surface area (Å²) in [7, 11) is 0. The van der Waals surface area contributed by atoms with Gasteiger partial charge >= 0.3 is 0 Å². The second-order valence-electron chi connectivity index (χ2n) is 7.82. The molecular weight excluding hydrogens is 408 g/mol. The first kappa shape index (κ1) is 21.4. The maximum absolute atomic E-state index is 12.7. The number of aryl methyl sites for hydroxylation is 1. The van der Waals surface area contributed by atoms with Crippen LogP contribution in [0.2, 0.25) is 0 Å². The highest BCUT2D eigenvalue weighted by Crippen LogP contribution is 2.28. The molecule has 1 unspecified atom stereocenters. The lowest BCUT2D eigenvalue weighted by atomic mass is 10.1. The van der Waals surface area contributed by atoms with Gasteiger partial charge < -0.3 is 14.8 Å². The summed E-state index contributed by atoms with van der Waals surface area (Å²) in [6.45, 7) is 6.47. The van der Waals surface area contributed by atoms with Crippen LogP contribution in [0, 0.1) is 0 Å². The molecule has 1 atom stereocenters. The number of para-hydroxylation sites is 2. The monoisotopic (exact) mass is 436 g/mol. The summed E-state index contributed by atoms with van der Waals surface area (Å²) in [5, 5.41) is 0.102. The maximum atomic E-state index is 12.7. The van der Waals surface area contributed by atoms with Crippen molar-refractivity contribution >= 4 is 34.6 Å². The van der Waals surface area contributed by atoms with E-state index < -0.39 is 0 Å². The number of amides is 2. The number of nitrogens with zero attached hydrogens (tertiary/aromatic N) is 3. The Morgan fingerprint density at radius 1 is 1.03 bits per heavy atom. The minimum absolute atomic E-state index is 0.0441. The van der Waals surface area contributed by atoms with Gasteiger partial charge in [0.05, 0.1) is 22.0 Å². The molecule has 31 heavy (non-hydrogen) atoms. The summed E-state index contributed by atoms with van der Waals surface area (Å²) in [5.41, 5.74) is 3.90. The zero-order valence-corrected chi connectivity index (χ0v) is 18.8. The molecule has 6 nitrogen and oxygen atoms in total. The zero-order chi connectivity index (χ0) is 21.8. The third kappa shape index (κ3) is 4.93. The van der Waals surface area contributed by atoms with Crippen LogP contribution >= 0.6 is 11.8 Å². The second kappa shape index (κ2) is 9.56. The molecule has 2 aromatic carbocycles. The molecule has 1 N–H and O–H groups in total. The van der Waals surface area contributed by atoms with Gasteiger partial charge in [0.15, 0.2) is 0 Å². The third-order valence-corrected chi connectivity index (χ3v) is 6.92. The first-order chi connectivity index (χ1) is 15.0. The molecule has 162 valence electrons. The molecule has 2 amide bonds. The summed E-state index contributed by atoms with van der Waals surface area (Å²) < 4.78 is 0. The van der Waals surface area contributed by atoms with Crippen molar-refractivity contribution in [3.05, 3.63) is 65.5 Å². The average molecular weight is 437 g/mol. The van der Waals surface area contributed by atoms with Gasteiger partial charge in [-0.25, -0.2) is 4.98 Å². The predicted molar refractivity (Wildman–Crippen MR) is 125 cm³/mol. The Balaban J connectivity index is 1.26. The molecule has 3 aromatic rings. The van der Waals surface area contributed by atoms with Crippen molar-refractivity contribution in [1.82, 2.24) is 19.8 Å². The number of hydrogen-bond donors (Lipinski definition) is 1. The van der Waals surface area contributed by atoms with Gasteiger partial charge in [0.1, 0.15) is 5.82 Å². The van der Waals surface area contributed by atoms with Crippen molar-refractivity contribution in [2.75, 3.05) is 31.9 Å². The minimum Gasteiger partial charge on any atom is -0.341 e. The van der Waals surface area contributed by atoms with Crippen LogP contribution < -0.4 is 0 Å². The van der Waals surface area contributed by atoms with E-state index in [0.717, 1.165) is 23.3 Å². The molecule has 0 spiro atoms. The first-order valence-corrected chi connectivity index (χ1v) is 11.8. The highest BCUT2D eigenvalue weighted by molar-refractivity contribution is 8.00. The van der Waals surface area contributed by atoms with E-state index in [2.05, 4.69) is 23.8 Å². The van der Waals surface area contributed by atoms with Crippen LogP contribution in [0.3, 0.4) is 0 Å². The maximum Gasteiger partial charge on any atom is 0.253 e. The van der Waals surface area contributed by atoms with Gasteiger partial charge in [-0.2, -0.15) is 0 Å². The van der Waals surface area contributed by atoms with E-state index in [1.54, 1.807) is 11.8 Å². The number of carbonyl (C=O) groups is 2. The molecule has 1 saturated heterocycles. The van der Waals surface area contributed by atoms with Crippen LogP contribution in [0.5, 0.6) is 0 Å². The Hall–Kier alpha value is -2.80. The number of H-pyrrole nitrogens is 1. The largest absolute Gasteiger partial charge is 0.341 e. The summed E-state index contributed by atoms with van der Waals surface area (Å²) in [6, 6.07) is 15.8. The van der Waals surface area contributed by atoms with Crippen molar-refractivity contribution in [1.29, 1.82) is 0 Å². The molecule has 1 fully saturated rings. The smallest absolute Gasteiger partial charge is 0.253 e. The number of aromatic amines is 1. The first-order valence-electron chi connectivity index (χ1n) is 10.8. The van der Waals surface area contributed by atoms with E-state index in [0.29, 0.717) is 37.5 Å². The van der Waals surface area contributed by atoms with E-state index in [4.69, 9.17) is 0 Å². The van der Waals surface area contributed by atoms with Gasteiger partial charge in [-0.1, -0.05) is 31.2 Å². The average Bonchev–Trinajstić information content (AvgIpc) is 3.26. The van der Waals surface area contributed by atoms with Crippen molar-refractivity contribution in [2.45, 2.75) is 25.5 Å². The topological polar surface area (TPSA) is 69.3 Å². The molecule has 1 aliphatic heterocycles. The van der Waals surface area contributed by atoms with Gasteiger partial charge in [0.25, 0.3) is 5.91 Å². The highest BCUT2D eigenvalue weighted by Gasteiger charge is 2.25. The molecule has 7 heteroatoms. The predicted octanol–water partition coefficient (Wildman–Crippen LogP) is 3.90. The third-order valence-electron chi connectivity index (χ3n) is 5.78. The number of aromatic nitrogens is 2. The van der Waals surface area contributed by atoms with E-state index in [-0.39, 0.29) is 17.1 Å². The fourth-order valence-corrected chi connectivity index (χ4v) is 4.60. The number of piperazine rings is 1. The zero-order valence-electron chi connectivity index (χ0n) is 18.0. The molecule has 0 bridgehead atoms. The van der Waals surface area contributed by atoms with Crippen molar-refractivity contribution in [3.8, 4) is 0 Å². The summed E-state index contributed by atoms with van der Waals surface area (Å²) in [5.74, 6) is 1.46. The molecule has 1 aliphatic rings. The number of thioether (sulfide) groups is 1. The van der Waals surface area contributed by atoms with Crippen LogP contribution in [0.4, 0.5) is 0 Å². The summed E-state index contributed by atoms with van der Waals surface area (Å²) in [6.07, 6.45) is 0.961. The minimum atomic E-state index is 0.0441. The fourth-order valence-electron chi connectivity index (χ4n) is 3.76. The molecule has 0 aliphatic carbocycles. The number of benzene rings is 2. The van der Waals surface area contributed by atoms with Gasteiger partial charge in [-0.05, 0) is 43.2 Å².